The van der Waals surface area contributed by atoms with Crippen LogP contribution in [0, 0.1) is 20.8 Å². The Morgan fingerprint density at radius 2 is 1.15 bits per heavy atom. The molecule has 0 bridgehead atoms. The van der Waals surface area contributed by atoms with Gasteiger partial charge >= 0.3 is 0 Å². The molecular weight excluding hydrogens is 812 g/mol. The van der Waals surface area contributed by atoms with Gasteiger partial charge in [-0.25, -0.2) is 26.3 Å². The van der Waals surface area contributed by atoms with Gasteiger partial charge in [-0.2, -0.15) is 0 Å². The molecule has 2 heterocycles. The topological polar surface area (TPSA) is 144 Å². The Morgan fingerprint density at radius 3 is 1.56 bits per heavy atom. The Morgan fingerprint density at radius 1 is 0.718 bits per heavy atom. The molecule has 0 atom stereocenters. The predicted molar refractivity (Wildman–Crippen MR) is 162 cm³/mol. The first-order valence-electron chi connectivity index (χ1n) is 11.0. The highest BCUT2D eigenvalue weighted by atomic mass is 79.9. The van der Waals surface area contributed by atoms with Crippen LogP contribution in [0.15, 0.2) is 73.1 Å². The Kier molecular flexibility index (Phi) is 10.5. The zero-order valence-corrected chi connectivity index (χ0v) is 28.8. The third-order valence-corrected chi connectivity index (χ3v) is 11.6. The van der Waals surface area contributed by atoms with Gasteiger partial charge in [0.05, 0.1) is 11.4 Å². The summed E-state index contributed by atoms with van der Waals surface area (Å²) in [6, 6.07) is 10.3. The molecule has 0 aliphatic rings. The minimum atomic E-state index is -3.75. The molecule has 0 saturated heterocycles. The van der Waals surface area contributed by atoms with Crippen molar-refractivity contribution in [3.05, 3.63) is 76.8 Å². The summed E-state index contributed by atoms with van der Waals surface area (Å²) in [5, 5.41) is 7.36. The number of hydrogen-bond acceptors (Lipinski definition) is 8. The van der Waals surface area contributed by atoms with E-state index in [9.17, 15) is 16.8 Å². The first kappa shape index (κ1) is 31.8. The lowest BCUT2D eigenvalue weighted by Gasteiger charge is -2.09. The first-order valence-corrected chi connectivity index (χ1v) is 17.1. The normalized spacial score (nSPS) is 11.6. The number of nitrogens with zero attached hydrogens (tertiary/aromatic N) is 2. The number of rotatable bonds is 7. The number of benzene rings is 2. The van der Waals surface area contributed by atoms with Gasteiger partial charge < -0.3 is 9.05 Å². The second-order valence-electron chi connectivity index (χ2n) is 8.09. The second kappa shape index (κ2) is 12.9. The molecule has 0 saturated carbocycles. The molecule has 4 aromatic rings. The Bertz CT molecular complexity index is 1720. The fraction of sp³-hybridized carbons (Fsp3) is 0.217. The maximum absolute atomic E-state index is 12.4. The number of sulfonamides is 2. The van der Waals surface area contributed by atoms with Crippen LogP contribution in [0.1, 0.15) is 29.4 Å². The van der Waals surface area contributed by atoms with E-state index in [-0.39, 0.29) is 21.6 Å². The van der Waals surface area contributed by atoms with E-state index in [0.29, 0.717) is 29.3 Å². The Hall–Kier alpha value is -1.72. The summed E-state index contributed by atoms with van der Waals surface area (Å²) in [6.45, 7) is 7.19. The number of aromatic nitrogens is 2. The van der Waals surface area contributed by atoms with Crippen LogP contribution in [-0.4, -0.2) is 27.1 Å². The molecule has 0 fully saturated rings. The van der Waals surface area contributed by atoms with Gasteiger partial charge in [0.15, 0.2) is 0 Å². The van der Waals surface area contributed by atoms with Crippen molar-refractivity contribution in [3.8, 4) is 0 Å². The molecule has 2 aromatic heterocycles. The summed E-state index contributed by atoms with van der Waals surface area (Å²) in [4.78, 5) is 0.311. The van der Waals surface area contributed by atoms with Gasteiger partial charge in [-0.1, -0.05) is 29.4 Å². The molecule has 39 heavy (non-hydrogen) atoms. The van der Waals surface area contributed by atoms with Gasteiger partial charge in [0.2, 0.25) is 0 Å². The lowest BCUT2D eigenvalue weighted by molar-refractivity contribution is 0.430. The molecule has 0 radical (unpaired) electrons. The van der Waals surface area contributed by atoms with Crippen LogP contribution in [0.3, 0.4) is 0 Å². The molecule has 4 rings (SSSR count). The van der Waals surface area contributed by atoms with E-state index in [1.807, 2.05) is 26.0 Å². The van der Waals surface area contributed by atoms with Crippen molar-refractivity contribution in [2.24, 2.45) is 0 Å². The molecule has 0 aliphatic carbocycles. The van der Waals surface area contributed by atoms with Gasteiger partial charge in [-0.15, -0.1) is 0 Å². The van der Waals surface area contributed by atoms with E-state index >= 15 is 0 Å². The van der Waals surface area contributed by atoms with Crippen molar-refractivity contribution in [2.45, 2.75) is 43.9 Å². The highest BCUT2D eigenvalue weighted by Gasteiger charge is 2.23. The molecule has 2 aromatic carbocycles. The van der Waals surface area contributed by atoms with E-state index < -0.39 is 20.0 Å². The van der Waals surface area contributed by atoms with Crippen LogP contribution >= 0.6 is 63.7 Å². The van der Waals surface area contributed by atoms with E-state index in [1.54, 1.807) is 38.1 Å². The summed E-state index contributed by atoms with van der Waals surface area (Å²) in [5.74, 6) is 0.127. The number of halogens is 4. The highest BCUT2D eigenvalue weighted by Crippen LogP contribution is 2.31. The van der Waals surface area contributed by atoms with Crippen molar-refractivity contribution in [1.82, 2.24) is 10.3 Å². The van der Waals surface area contributed by atoms with Crippen molar-refractivity contribution < 1.29 is 25.9 Å². The average molecular weight is 834 g/mol. The summed E-state index contributed by atoms with van der Waals surface area (Å²) >= 11 is 12.9. The van der Waals surface area contributed by atoms with Crippen molar-refractivity contribution in [2.75, 3.05) is 9.44 Å². The van der Waals surface area contributed by atoms with E-state index in [0.717, 1.165) is 17.5 Å². The summed E-state index contributed by atoms with van der Waals surface area (Å²) < 4.78 is 65.9. The number of anilines is 2. The lowest BCUT2D eigenvalue weighted by atomic mass is 10.2. The lowest BCUT2D eigenvalue weighted by Crippen LogP contribution is -2.13. The monoisotopic (exact) mass is 830 g/mol. The van der Waals surface area contributed by atoms with Crippen LogP contribution in [0.5, 0.6) is 0 Å². The van der Waals surface area contributed by atoms with E-state index in [2.05, 4.69) is 83.5 Å². The van der Waals surface area contributed by atoms with Crippen molar-refractivity contribution in [1.29, 1.82) is 0 Å². The predicted octanol–water partition coefficient (Wildman–Crippen LogP) is 7.49. The molecule has 0 aliphatic heterocycles. The molecular formula is C23H22Br4N4O6S2. The smallest absolute Gasteiger partial charge is 0.265 e. The average Bonchev–Trinajstić information content (AvgIpc) is 3.35. The minimum Gasteiger partial charge on any atom is -0.336 e. The van der Waals surface area contributed by atoms with Gasteiger partial charge in [-0.05, 0) is 126 Å². The molecule has 0 spiro atoms. The number of hydrogen-bond donors (Lipinski definition) is 2. The third-order valence-electron chi connectivity index (χ3n) is 5.11. The van der Waals surface area contributed by atoms with Gasteiger partial charge in [0.25, 0.3) is 31.8 Å². The quantitative estimate of drug-likeness (QED) is 0.195. The van der Waals surface area contributed by atoms with Crippen LogP contribution in [0.4, 0.5) is 11.8 Å². The summed E-state index contributed by atoms with van der Waals surface area (Å²) in [6.07, 6.45) is 0.751. The fourth-order valence-corrected chi connectivity index (χ4v) is 7.79. The second-order valence-corrected chi connectivity index (χ2v) is 14.7. The third kappa shape index (κ3) is 7.73. The van der Waals surface area contributed by atoms with Gasteiger partial charge in [-0.3, -0.25) is 0 Å². The van der Waals surface area contributed by atoms with Crippen LogP contribution in [0.25, 0.3) is 0 Å². The fourth-order valence-electron chi connectivity index (χ4n) is 2.99. The zero-order chi connectivity index (χ0) is 29.1. The van der Waals surface area contributed by atoms with Crippen molar-refractivity contribution >= 4 is 95.5 Å². The molecule has 0 unspecified atom stereocenters. The van der Waals surface area contributed by atoms with Crippen LogP contribution in [0.2, 0.25) is 0 Å². The molecule has 0 amide bonds. The minimum absolute atomic E-state index is 0.0610. The molecule has 210 valence electrons. The molecule has 10 nitrogen and oxygen atoms in total. The maximum atomic E-state index is 12.4. The van der Waals surface area contributed by atoms with Crippen molar-refractivity contribution in [3.63, 3.8) is 0 Å². The van der Waals surface area contributed by atoms with Crippen LogP contribution in [-0.2, 0) is 26.5 Å². The summed E-state index contributed by atoms with van der Waals surface area (Å²) in [5.41, 5.74) is 2.92. The molecule has 2 N–H and O–H groups in total. The standard InChI is InChI=1S/C12H12Br2N2O3S.C11H10Br2N2O3S/c1-3-8-4-5-9(13)10(6-8)20(17,18)16-12-11(14)7(2)15-19-12;1-6-3-4-8(12)9(5-6)19(16,17)15-11-10(13)7(2)14-18-11/h4-6,16H,3H2,1-2H3;3-5,15H,1-2H3. The maximum Gasteiger partial charge on any atom is 0.265 e. The van der Waals surface area contributed by atoms with Gasteiger partial charge in [0, 0.05) is 8.95 Å². The zero-order valence-electron chi connectivity index (χ0n) is 20.8. The number of nitrogens with one attached hydrogen (secondary N) is 2. The SMILES string of the molecule is CCc1ccc(Br)c(S(=O)(=O)Nc2onc(C)c2Br)c1.Cc1ccc(Br)c(S(=O)(=O)Nc2onc(C)c2Br)c1. The van der Waals surface area contributed by atoms with Crippen LogP contribution < -0.4 is 9.44 Å². The first-order chi connectivity index (χ1) is 18.2. The van der Waals surface area contributed by atoms with E-state index in [1.165, 1.54) is 0 Å². The Labute approximate surface area is 259 Å². The molecule has 16 heteroatoms. The Balaban J connectivity index is 0.000000216. The highest BCUT2D eigenvalue weighted by molar-refractivity contribution is 9.11. The number of aryl methyl sites for hydroxylation is 4. The largest absolute Gasteiger partial charge is 0.336 e. The van der Waals surface area contributed by atoms with Gasteiger partial charge in [0.1, 0.15) is 18.7 Å². The summed E-state index contributed by atoms with van der Waals surface area (Å²) in [7, 11) is -7.48. The van der Waals surface area contributed by atoms with E-state index in [4.69, 9.17) is 9.05 Å².